The van der Waals surface area contributed by atoms with Crippen LogP contribution >= 0.6 is 0 Å². The fraction of sp³-hybridized carbons (Fsp3) is 0.500. The molecule has 1 saturated carbocycles. The van der Waals surface area contributed by atoms with Gasteiger partial charge in [0, 0.05) is 82.4 Å². The van der Waals surface area contributed by atoms with E-state index in [1.165, 1.54) is 12.1 Å². The van der Waals surface area contributed by atoms with Crippen LogP contribution in [0.4, 0.5) is 20.3 Å². The van der Waals surface area contributed by atoms with E-state index < -0.39 is 41.3 Å². The fourth-order valence-corrected chi connectivity index (χ4v) is 12.4. The van der Waals surface area contributed by atoms with Gasteiger partial charge in [-0.05, 0) is 117 Å². The Bertz CT molecular complexity index is 3040. The molecule has 5 saturated heterocycles. The number of hydrogen-bond donors (Lipinski definition) is 2. The first-order valence-electron chi connectivity index (χ1n) is 25.8. The number of pyridine rings is 1. The first-order chi connectivity index (χ1) is 34.9. The number of piperazine rings is 1. The van der Waals surface area contributed by atoms with Crippen LogP contribution in [0.1, 0.15) is 91.0 Å². The second-order valence-corrected chi connectivity index (χ2v) is 21.2. The summed E-state index contributed by atoms with van der Waals surface area (Å²) in [5, 5.41) is 14.6. The summed E-state index contributed by atoms with van der Waals surface area (Å²) in [5.74, 6) is -2.07. The molecule has 2 N–H and O–H groups in total. The third-order valence-electron chi connectivity index (χ3n) is 16.6. The molecule has 8 heterocycles. The molecule has 2 aromatic heterocycles. The van der Waals surface area contributed by atoms with Crippen LogP contribution < -0.4 is 19.9 Å². The maximum atomic E-state index is 17.2. The standard InChI is InChI=1S/C54H59F2N9O7/c1-2-35-39(55)8-7-33-25-34(66)26-37(43(33)35)46-45(56)47-38(27-57-46)48(64-17-4-13-54(30-64)16-24-72-54)60-52(59-47)71-31-53(14-15-53)29-62-18-11-32(12-19-62)28-61-20-22-63(23-21-61)40-6-3-5-36-44(40)51(70)65(50(36)69)41-9-10-42(67)58-49(41)68/h3,5-8,25-27,32,41,66H,2,4,9-24,28-31H2,1H3,(H,58,67,68). The van der Waals surface area contributed by atoms with Gasteiger partial charge in [0.2, 0.25) is 11.8 Å². The quantitative estimate of drug-likeness (QED) is 0.134. The molecule has 6 fully saturated rings. The Morgan fingerprint density at radius 1 is 0.875 bits per heavy atom. The number of imide groups is 2. The molecular weight excluding hydrogens is 925 g/mol. The summed E-state index contributed by atoms with van der Waals surface area (Å²) in [4.78, 5) is 76.4. The fourth-order valence-electron chi connectivity index (χ4n) is 12.4. The van der Waals surface area contributed by atoms with Crippen molar-refractivity contribution in [2.24, 2.45) is 11.3 Å². The lowest BCUT2D eigenvalue weighted by atomic mass is 9.86. The molecule has 18 heteroatoms. The van der Waals surface area contributed by atoms with Gasteiger partial charge in [-0.25, -0.2) is 8.78 Å². The van der Waals surface area contributed by atoms with Crippen LogP contribution in [0.15, 0.2) is 48.7 Å². The number of aryl methyl sites for hydroxylation is 1. The zero-order chi connectivity index (χ0) is 49.5. The van der Waals surface area contributed by atoms with Crippen molar-refractivity contribution < 1.29 is 42.5 Å². The summed E-state index contributed by atoms with van der Waals surface area (Å²) >= 11 is 0. The lowest BCUT2D eigenvalue weighted by molar-refractivity contribution is -0.151. The van der Waals surface area contributed by atoms with E-state index in [0.717, 1.165) is 89.1 Å². The van der Waals surface area contributed by atoms with Gasteiger partial charge in [0.1, 0.15) is 34.6 Å². The number of carbonyl (C=O) groups is 4. The molecule has 0 radical (unpaired) electrons. The Balaban J connectivity index is 0.699. The maximum Gasteiger partial charge on any atom is 0.319 e. The third-order valence-corrected chi connectivity index (χ3v) is 16.6. The molecule has 7 aliphatic rings. The second-order valence-electron chi connectivity index (χ2n) is 21.2. The van der Waals surface area contributed by atoms with Gasteiger partial charge in [-0.1, -0.05) is 19.1 Å². The van der Waals surface area contributed by atoms with Crippen molar-refractivity contribution in [1.29, 1.82) is 0 Å². The zero-order valence-electron chi connectivity index (χ0n) is 40.6. The van der Waals surface area contributed by atoms with E-state index in [9.17, 15) is 24.3 Å². The van der Waals surface area contributed by atoms with Crippen molar-refractivity contribution >= 4 is 56.8 Å². The average molecular weight is 984 g/mol. The highest BCUT2D eigenvalue weighted by atomic mass is 19.1. The number of fused-ring (bicyclic) bond motifs is 3. The number of nitrogens with zero attached hydrogens (tertiary/aromatic N) is 8. The number of likely N-dealkylation sites (tertiary alicyclic amines) is 1. The zero-order valence-corrected chi connectivity index (χ0v) is 40.6. The Labute approximate surface area is 415 Å². The summed E-state index contributed by atoms with van der Waals surface area (Å²) < 4.78 is 45.1. The number of aromatic nitrogens is 3. The number of aromatic hydroxyl groups is 1. The van der Waals surface area contributed by atoms with Crippen LogP contribution in [-0.2, 0) is 20.7 Å². The van der Waals surface area contributed by atoms with E-state index in [0.29, 0.717) is 102 Å². The van der Waals surface area contributed by atoms with Crippen LogP contribution in [0, 0.1) is 23.0 Å². The Hall–Kier alpha value is -6.37. The van der Waals surface area contributed by atoms with E-state index >= 15 is 8.78 Å². The summed E-state index contributed by atoms with van der Waals surface area (Å²) in [5.41, 5.74) is 1.75. The highest BCUT2D eigenvalue weighted by Gasteiger charge is 2.48. The molecule has 5 aromatic rings. The average Bonchev–Trinajstić information content (AvgIpc) is 4.10. The first kappa shape index (κ1) is 46.7. The number of hydrogen-bond acceptors (Lipinski definition) is 14. The summed E-state index contributed by atoms with van der Waals surface area (Å²) in [6.45, 7) is 11.2. The Kier molecular flexibility index (Phi) is 11.9. The molecule has 16 nitrogen and oxygen atoms in total. The number of rotatable bonds is 12. The number of amides is 4. The van der Waals surface area contributed by atoms with E-state index in [2.05, 4.69) is 29.9 Å². The van der Waals surface area contributed by atoms with Crippen molar-refractivity contribution in [3.8, 4) is 23.0 Å². The number of halogens is 2. The molecule has 0 bridgehead atoms. The number of ether oxygens (including phenoxy) is 2. The van der Waals surface area contributed by atoms with Crippen LogP contribution in [0.5, 0.6) is 11.8 Å². The van der Waals surface area contributed by atoms with Crippen molar-refractivity contribution in [2.75, 3.05) is 88.5 Å². The van der Waals surface area contributed by atoms with E-state index in [1.54, 1.807) is 30.5 Å². The number of piperidine rings is 3. The molecule has 4 amide bonds. The van der Waals surface area contributed by atoms with E-state index in [-0.39, 0.29) is 46.8 Å². The number of phenolic OH excluding ortho intramolecular Hbond substituents is 1. The van der Waals surface area contributed by atoms with Gasteiger partial charge in [0.05, 0.1) is 41.0 Å². The number of carbonyl (C=O) groups excluding carboxylic acids is 4. The third kappa shape index (κ3) is 8.38. The monoisotopic (exact) mass is 983 g/mol. The predicted molar refractivity (Wildman–Crippen MR) is 264 cm³/mol. The predicted octanol–water partition coefficient (Wildman–Crippen LogP) is 6.24. The lowest BCUT2D eigenvalue weighted by Gasteiger charge is -2.48. The molecule has 12 rings (SSSR count). The Morgan fingerprint density at radius 2 is 1.68 bits per heavy atom. The largest absolute Gasteiger partial charge is 0.508 e. The van der Waals surface area contributed by atoms with E-state index in [4.69, 9.17) is 19.4 Å². The molecule has 376 valence electrons. The topological polar surface area (TPSA) is 174 Å². The van der Waals surface area contributed by atoms with Crippen molar-refractivity contribution in [2.45, 2.75) is 82.8 Å². The van der Waals surface area contributed by atoms with Crippen molar-refractivity contribution in [1.82, 2.24) is 35.0 Å². The number of nitrogens with one attached hydrogen (secondary N) is 1. The van der Waals surface area contributed by atoms with E-state index in [1.807, 2.05) is 13.0 Å². The number of benzene rings is 3. The molecule has 3 aromatic carbocycles. The first-order valence-corrected chi connectivity index (χ1v) is 25.8. The summed E-state index contributed by atoms with van der Waals surface area (Å²) in [6, 6.07) is 10.4. The van der Waals surface area contributed by atoms with Gasteiger partial charge in [-0.2, -0.15) is 9.97 Å². The number of phenols is 1. The lowest BCUT2D eigenvalue weighted by Crippen LogP contribution is -2.56. The minimum Gasteiger partial charge on any atom is -0.508 e. The Morgan fingerprint density at radius 3 is 2.42 bits per heavy atom. The molecule has 1 spiro atoms. The van der Waals surface area contributed by atoms with Gasteiger partial charge in [-0.3, -0.25) is 39.3 Å². The highest BCUT2D eigenvalue weighted by molar-refractivity contribution is 6.25. The highest BCUT2D eigenvalue weighted by Crippen LogP contribution is 2.48. The maximum absolute atomic E-state index is 17.2. The van der Waals surface area contributed by atoms with Crippen LogP contribution in [0.3, 0.4) is 0 Å². The SMILES string of the molecule is CCc1c(F)ccc2cc(O)cc(-c3ncc4c(N5CCCC6(CCO6)C5)nc(OCC5(CN6CCC(CN7CCN(c8cccc9c8C(=O)N(C8CCC(=O)NC8=O)C9=O)CC7)CC6)CC5)nc4c3F)c12. The molecular formula is C54H59F2N9O7. The molecule has 72 heavy (non-hydrogen) atoms. The van der Waals surface area contributed by atoms with Crippen LogP contribution in [0.2, 0.25) is 0 Å². The number of anilines is 2. The smallest absolute Gasteiger partial charge is 0.319 e. The molecule has 1 aliphatic carbocycles. The van der Waals surface area contributed by atoms with Gasteiger partial charge >= 0.3 is 6.01 Å². The minimum absolute atomic E-state index is 0.0332. The van der Waals surface area contributed by atoms with Crippen LogP contribution in [0.25, 0.3) is 32.9 Å². The summed E-state index contributed by atoms with van der Waals surface area (Å²) in [7, 11) is 0. The van der Waals surface area contributed by atoms with Gasteiger partial charge in [0.25, 0.3) is 11.8 Å². The normalized spacial score (nSPS) is 23.8. The molecule has 2 atom stereocenters. The minimum atomic E-state index is -1.00. The molecule has 6 aliphatic heterocycles. The second kappa shape index (κ2) is 18.3. The summed E-state index contributed by atoms with van der Waals surface area (Å²) in [6.07, 6.45) is 9.11. The van der Waals surface area contributed by atoms with Gasteiger partial charge < -0.3 is 29.3 Å². The van der Waals surface area contributed by atoms with Crippen molar-refractivity contribution in [3.05, 3.63) is 77.0 Å². The van der Waals surface area contributed by atoms with Crippen molar-refractivity contribution in [3.63, 3.8) is 0 Å². The van der Waals surface area contributed by atoms with Crippen LogP contribution in [-0.4, -0.2) is 149 Å². The van der Waals surface area contributed by atoms with Gasteiger partial charge in [0.15, 0.2) is 5.82 Å². The molecule has 2 unspecified atom stereocenters. The van der Waals surface area contributed by atoms with Gasteiger partial charge in [-0.15, -0.1) is 0 Å².